The molecule has 0 aliphatic rings. The first kappa shape index (κ1) is 25.0. The fourth-order valence-electron chi connectivity index (χ4n) is 3.05. The van der Waals surface area contributed by atoms with Crippen LogP contribution in [0.2, 0.25) is 10.0 Å². The van der Waals surface area contributed by atoms with Gasteiger partial charge in [0.15, 0.2) is 17.1 Å². The van der Waals surface area contributed by atoms with Gasteiger partial charge in [-0.25, -0.2) is 0 Å². The van der Waals surface area contributed by atoms with Crippen molar-refractivity contribution in [1.82, 2.24) is 14.8 Å². The molecule has 1 unspecified atom stereocenters. The second-order valence-electron chi connectivity index (χ2n) is 7.12. The molecule has 3 aromatic rings. The normalized spacial score (nSPS) is 11.7. The summed E-state index contributed by atoms with van der Waals surface area (Å²) in [5.41, 5.74) is 1.54. The maximum atomic E-state index is 12.5. The van der Waals surface area contributed by atoms with Crippen LogP contribution in [0.5, 0.6) is 11.5 Å². The number of hydrogen-bond acceptors (Lipinski definition) is 6. The summed E-state index contributed by atoms with van der Waals surface area (Å²) < 4.78 is 13.2. The zero-order chi connectivity index (χ0) is 24.0. The third-order valence-corrected chi connectivity index (χ3v) is 6.09. The summed E-state index contributed by atoms with van der Waals surface area (Å²) >= 11 is 13.6. The van der Waals surface area contributed by atoms with Crippen molar-refractivity contribution in [1.29, 1.82) is 0 Å². The SMILES string of the molecule is C=CCn1c(SCC(=O)Nc2cc(Cl)ccc2OC)nnc1C(C)Oc1cc(C)ccc1Cl. The lowest BCUT2D eigenvalue weighted by Crippen LogP contribution is -2.16. The van der Waals surface area contributed by atoms with Gasteiger partial charge in [0.1, 0.15) is 11.5 Å². The Morgan fingerprint density at radius 3 is 2.76 bits per heavy atom. The zero-order valence-electron chi connectivity index (χ0n) is 18.5. The van der Waals surface area contributed by atoms with Crippen molar-refractivity contribution in [3.8, 4) is 11.5 Å². The monoisotopic (exact) mass is 506 g/mol. The topological polar surface area (TPSA) is 78.3 Å². The number of benzene rings is 2. The molecule has 1 N–H and O–H groups in total. The predicted octanol–water partition coefficient (Wildman–Crippen LogP) is 5.96. The van der Waals surface area contributed by atoms with Gasteiger partial charge >= 0.3 is 0 Å². The maximum absolute atomic E-state index is 12.5. The Labute approximate surface area is 207 Å². The lowest BCUT2D eigenvalue weighted by Gasteiger charge is -2.17. The Kier molecular flexibility index (Phi) is 8.66. The average Bonchev–Trinajstić information content (AvgIpc) is 3.18. The summed E-state index contributed by atoms with van der Waals surface area (Å²) in [4.78, 5) is 12.5. The van der Waals surface area contributed by atoms with Crippen molar-refractivity contribution >= 4 is 46.6 Å². The van der Waals surface area contributed by atoms with Crippen LogP contribution in [0.4, 0.5) is 5.69 Å². The molecule has 0 aliphatic heterocycles. The number of hydrogen-bond donors (Lipinski definition) is 1. The fraction of sp³-hybridized carbons (Fsp3) is 0.261. The van der Waals surface area contributed by atoms with E-state index in [9.17, 15) is 4.79 Å². The largest absolute Gasteiger partial charge is 0.495 e. The van der Waals surface area contributed by atoms with E-state index in [0.717, 1.165) is 5.56 Å². The molecule has 33 heavy (non-hydrogen) atoms. The molecule has 0 aliphatic carbocycles. The van der Waals surface area contributed by atoms with E-state index in [1.165, 1.54) is 18.9 Å². The summed E-state index contributed by atoms with van der Waals surface area (Å²) in [5, 5.41) is 12.9. The molecule has 2 aromatic carbocycles. The van der Waals surface area contributed by atoms with E-state index >= 15 is 0 Å². The molecule has 0 fully saturated rings. The van der Waals surface area contributed by atoms with Gasteiger partial charge in [-0.2, -0.15) is 0 Å². The fourth-order valence-corrected chi connectivity index (χ4v) is 4.14. The zero-order valence-corrected chi connectivity index (χ0v) is 20.8. The number of amides is 1. The van der Waals surface area contributed by atoms with Gasteiger partial charge in [0.2, 0.25) is 5.91 Å². The lowest BCUT2D eigenvalue weighted by atomic mass is 10.2. The standard InChI is InChI=1S/C23H24Cl2N4O3S/c1-5-10-29-22(15(3)32-20-11-14(2)6-8-17(20)25)27-28-23(29)33-13-21(30)26-18-12-16(24)7-9-19(18)31-4/h5-9,11-12,15H,1,10,13H2,2-4H3,(H,26,30). The van der Waals surface area contributed by atoms with E-state index in [2.05, 4.69) is 22.1 Å². The molecule has 0 saturated heterocycles. The highest BCUT2D eigenvalue weighted by Gasteiger charge is 2.21. The summed E-state index contributed by atoms with van der Waals surface area (Å²) in [6.07, 6.45) is 1.32. The van der Waals surface area contributed by atoms with Gasteiger partial charge in [0.25, 0.3) is 0 Å². The number of aryl methyl sites for hydroxylation is 1. The van der Waals surface area contributed by atoms with Crippen LogP contribution in [-0.2, 0) is 11.3 Å². The Balaban J connectivity index is 1.71. The van der Waals surface area contributed by atoms with E-state index in [1.54, 1.807) is 30.3 Å². The highest BCUT2D eigenvalue weighted by molar-refractivity contribution is 7.99. The maximum Gasteiger partial charge on any atom is 0.234 e. The van der Waals surface area contributed by atoms with Gasteiger partial charge in [-0.15, -0.1) is 16.8 Å². The number of aromatic nitrogens is 3. The van der Waals surface area contributed by atoms with Crippen LogP contribution in [0.25, 0.3) is 0 Å². The molecule has 7 nitrogen and oxygen atoms in total. The highest BCUT2D eigenvalue weighted by Crippen LogP contribution is 2.31. The molecule has 0 radical (unpaired) electrons. The Morgan fingerprint density at radius 1 is 1.24 bits per heavy atom. The molecule has 0 bridgehead atoms. The van der Waals surface area contributed by atoms with Crippen molar-refractivity contribution in [3.05, 3.63) is 70.5 Å². The molecule has 1 atom stereocenters. The van der Waals surface area contributed by atoms with Crippen LogP contribution in [0.15, 0.2) is 54.2 Å². The molecule has 174 valence electrons. The van der Waals surface area contributed by atoms with Crippen molar-refractivity contribution in [2.75, 3.05) is 18.2 Å². The second-order valence-corrected chi connectivity index (χ2v) is 8.90. The van der Waals surface area contributed by atoms with Crippen molar-refractivity contribution in [3.63, 3.8) is 0 Å². The molecule has 10 heteroatoms. The van der Waals surface area contributed by atoms with Gasteiger partial charge in [0, 0.05) is 11.6 Å². The number of nitrogens with one attached hydrogen (secondary N) is 1. The summed E-state index contributed by atoms with van der Waals surface area (Å²) in [5.74, 6) is 1.58. The molecule has 0 spiro atoms. The molecule has 1 amide bonds. The summed E-state index contributed by atoms with van der Waals surface area (Å²) in [6, 6.07) is 10.6. The summed E-state index contributed by atoms with van der Waals surface area (Å²) in [7, 11) is 1.53. The second kappa shape index (κ2) is 11.4. The van der Waals surface area contributed by atoms with E-state index in [1.807, 2.05) is 30.5 Å². The van der Waals surface area contributed by atoms with Crippen LogP contribution in [0.1, 0.15) is 24.4 Å². The minimum atomic E-state index is -0.421. The minimum absolute atomic E-state index is 0.115. The van der Waals surface area contributed by atoms with E-state index in [4.69, 9.17) is 32.7 Å². The van der Waals surface area contributed by atoms with Gasteiger partial charge < -0.3 is 14.8 Å². The van der Waals surface area contributed by atoms with Crippen molar-refractivity contribution in [2.45, 2.75) is 31.7 Å². The van der Waals surface area contributed by atoms with Crippen LogP contribution in [-0.4, -0.2) is 33.5 Å². The third kappa shape index (κ3) is 6.43. The third-order valence-electron chi connectivity index (χ3n) is 4.58. The number of ether oxygens (including phenoxy) is 2. The summed E-state index contributed by atoms with van der Waals surface area (Å²) in [6.45, 7) is 8.11. The van der Waals surface area contributed by atoms with Gasteiger partial charge in [-0.1, -0.05) is 47.1 Å². The quantitative estimate of drug-likeness (QED) is 0.270. The molecule has 1 aromatic heterocycles. The Bertz CT molecular complexity index is 1150. The predicted molar refractivity (Wildman–Crippen MR) is 133 cm³/mol. The molecule has 0 saturated carbocycles. The van der Waals surface area contributed by atoms with Crippen molar-refractivity contribution < 1.29 is 14.3 Å². The van der Waals surface area contributed by atoms with Crippen LogP contribution in [0.3, 0.4) is 0 Å². The lowest BCUT2D eigenvalue weighted by molar-refractivity contribution is -0.113. The number of allylic oxidation sites excluding steroid dienone is 1. The number of rotatable bonds is 10. The number of methoxy groups -OCH3 is 1. The Morgan fingerprint density at radius 2 is 2.03 bits per heavy atom. The molecule has 3 rings (SSSR count). The van der Waals surface area contributed by atoms with Crippen LogP contribution in [0, 0.1) is 6.92 Å². The number of thioether (sulfide) groups is 1. The molecule has 1 heterocycles. The van der Waals surface area contributed by atoms with E-state index < -0.39 is 6.10 Å². The van der Waals surface area contributed by atoms with Gasteiger partial charge in [0.05, 0.1) is 23.6 Å². The first-order valence-electron chi connectivity index (χ1n) is 10.0. The first-order chi connectivity index (χ1) is 15.8. The van der Waals surface area contributed by atoms with E-state index in [-0.39, 0.29) is 11.7 Å². The Hall–Kier alpha value is -2.68. The number of carbonyl (C=O) groups excluding carboxylic acids is 1. The number of anilines is 1. The molecular formula is C23H24Cl2N4O3S. The number of carbonyl (C=O) groups is 1. The van der Waals surface area contributed by atoms with Gasteiger partial charge in [-0.3, -0.25) is 9.36 Å². The number of nitrogens with zero attached hydrogens (tertiary/aromatic N) is 3. The van der Waals surface area contributed by atoms with Gasteiger partial charge in [-0.05, 0) is 49.7 Å². The van der Waals surface area contributed by atoms with E-state index in [0.29, 0.717) is 44.8 Å². The number of halogens is 2. The highest BCUT2D eigenvalue weighted by atomic mass is 35.5. The van der Waals surface area contributed by atoms with Crippen molar-refractivity contribution in [2.24, 2.45) is 0 Å². The smallest absolute Gasteiger partial charge is 0.234 e. The minimum Gasteiger partial charge on any atom is -0.495 e. The van der Waals surface area contributed by atoms with Crippen LogP contribution >= 0.6 is 35.0 Å². The average molecular weight is 507 g/mol. The van der Waals surface area contributed by atoms with Crippen LogP contribution < -0.4 is 14.8 Å². The first-order valence-corrected chi connectivity index (χ1v) is 11.8. The molecular weight excluding hydrogens is 483 g/mol.